The fourth-order valence-corrected chi connectivity index (χ4v) is 6.38. The Labute approximate surface area is 204 Å². The number of para-hydroxylation sites is 1. The van der Waals surface area contributed by atoms with Crippen LogP contribution in [-0.4, -0.2) is 70.3 Å². The van der Waals surface area contributed by atoms with Gasteiger partial charge in [-0.2, -0.15) is 0 Å². The number of unbranched alkanes of at least 4 members (excludes halogenated alkanes) is 2. The highest BCUT2D eigenvalue weighted by molar-refractivity contribution is 6.34. The number of amides is 2. The van der Waals surface area contributed by atoms with Crippen LogP contribution in [0.2, 0.25) is 5.02 Å². The van der Waals surface area contributed by atoms with Crippen molar-refractivity contribution in [3.05, 3.63) is 41.4 Å². The topological polar surface area (TPSA) is 107 Å². The van der Waals surface area contributed by atoms with Gasteiger partial charge in [0, 0.05) is 19.7 Å². The quantitative estimate of drug-likeness (QED) is 0.386. The van der Waals surface area contributed by atoms with Crippen molar-refractivity contribution in [3.63, 3.8) is 0 Å². The van der Waals surface area contributed by atoms with Crippen LogP contribution in [0.1, 0.15) is 37.7 Å². The first-order valence-corrected chi connectivity index (χ1v) is 12.2. The number of carbonyl (C=O) groups is 3. The number of carboxylic acid groups (broad SMARTS) is 1. The molecule has 2 unspecified atom stereocenters. The second kappa shape index (κ2) is 9.68. The van der Waals surface area contributed by atoms with Crippen LogP contribution in [0.4, 0.5) is 5.69 Å². The molecule has 184 valence electrons. The number of ether oxygens (including phenoxy) is 1. The number of hydrogen-bond donors (Lipinski definition) is 2. The van der Waals surface area contributed by atoms with Gasteiger partial charge in [-0.1, -0.05) is 29.8 Å². The number of halogens is 1. The number of aryl methyl sites for hydroxylation is 1. The number of aliphatic carboxylic acids is 1. The van der Waals surface area contributed by atoms with Crippen molar-refractivity contribution < 1.29 is 29.3 Å². The van der Waals surface area contributed by atoms with E-state index in [0.29, 0.717) is 42.8 Å². The van der Waals surface area contributed by atoms with Crippen molar-refractivity contribution in [3.8, 4) is 0 Å². The Morgan fingerprint density at radius 3 is 2.76 bits per heavy atom. The molecule has 2 N–H and O–H groups in total. The lowest BCUT2D eigenvalue weighted by Gasteiger charge is -2.37. The van der Waals surface area contributed by atoms with Crippen molar-refractivity contribution in [2.75, 3.05) is 24.6 Å². The molecule has 1 aromatic rings. The SMILES string of the molecule is C=CCN(C(=O)C1N(CCCCCO)C(=O)[C@@H]2[C@H](C(=O)O)[C@@H]3CCC12O3)c1c(C)cccc1Cl. The number of aliphatic hydroxyl groups excluding tert-OH is 1. The van der Waals surface area contributed by atoms with E-state index in [9.17, 15) is 19.5 Å². The van der Waals surface area contributed by atoms with Gasteiger partial charge in [-0.25, -0.2) is 0 Å². The molecular formula is C25H31ClN2O6. The van der Waals surface area contributed by atoms with Crippen molar-refractivity contribution in [1.82, 2.24) is 4.90 Å². The number of fused-ring (bicyclic) bond motifs is 1. The number of anilines is 1. The van der Waals surface area contributed by atoms with Crippen LogP contribution in [0.15, 0.2) is 30.9 Å². The van der Waals surface area contributed by atoms with Crippen LogP contribution < -0.4 is 4.90 Å². The third-order valence-electron chi connectivity index (χ3n) is 7.41. The van der Waals surface area contributed by atoms with Crippen molar-refractivity contribution in [1.29, 1.82) is 0 Å². The fraction of sp³-hybridized carbons (Fsp3) is 0.560. The molecule has 5 atom stereocenters. The first-order valence-electron chi connectivity index (χ1n) is 11.8. The summed E-state index contributed by atoms with van der Waals surface area (Å²) < 4.78 is 6.25. The largest absolute Gasteiger partial charge is 0.481 e. The summed E-state index contributed by atoms with van der Waals surface area (Å²) >= 11 is 6.51. The first kappa shape index (κ1) is 24.7. The van der Waals surface area contributed by atoms with Gasteiger partial charge in [0.25, 0.3) is 5.91 Å². The first-order chi connectivity index (χ1) is 16.3. The van der Waals surface area contributed by atoms with Crippen molar-refractivity contribution in [2.24, 2.45) is 11.8 Å². The monoisotopic (exact) mass is 490 g/mol. The summed E-state index contributed by atoms with van der Waals surface area (Å²) in [7, 11) is 0. The summed E-state index contributed by atoms with van der Waals surface area (Å²) in [6, 6.07) is 4.41. The Bertz CT molecular complexity index is 979. The average Bonchev–Trinajstić information content (AvgIpc) is 3.43. The molecule has 3 aliphatic rings. The predicted molar refractivity (Wildman–Crippen MR) is 127 cm³/mol. The summed E-state index contributed by atoms with van der Waals surface area (Å²) in [5.41, 5.74) is 0.174. The molecule has 3 fully saturated rings. The Morgan fingerprint density at radius 1 is 1.35 bits per heavy atom. The predicted octanol–water partition coefficient (Wildman–Crippen LogP) is 2.79. The minimum Gasteiger partial charge on any atom is -0.481 e. The molecule has 0 saturated carbocycles. The van der Waals surface area contributed by atoms with Gasteiger partial charge in [0.15, 0.2) is 0 Å². The van der Waals surface area contributed by atoms with Crippen LogP contribution in [0.3, 0.4) is 0 Å². The molecule has 1 aromatic carbocycles. The number of carbonyl (C=O) groups excluding carboxylic acids is 2. The third kappa shape index (κ3) is 3.82. The molecule has 4 rings (SSSR count). The molecule has 2 bridgehead atoms. The van der Waals surface area contributed by atoms with Crippen LogP contribution in [0, 0.1) is 18.8 Å². The van der Waals surface area contributed by atoms with E-state index >= 15 is 0 Å². The minimum atomic E-state index is -1.17. The van der Waals surface area contributed by atoms with E-state index < -0.39 is 35.6 Å². The third-order valence-corrected chi connectivity index (χ3v) is 7.72. The van der Waals surface area contributed by atoms with E-state index in [4.69, 9.17) is 21.4 Å². The second-order valence-electron chi connectivity index (χ2n) is 9.35. The Hall–Kier alpha value is -2.42. The minimum absolute atomic E-state index is 0.0492. The number of carboxylic acids is 1. The Morgan fingerprint density at radius 2 is 2.12 bits per heavy atom. The van der Waals surface area contributed by atoms with E-state index in [-0.39, 0.29) is 31.5 Å². The number of benzene rings is 1. The average molecular weight is 491 g/mol. The molecule has 0 aromatic heterocycles. The van der Waals surface area contributed by atoms with Gasteiger partial charge >= 0.3 is 5.97 Å². The number of hydrogen-bond acceptors (Lipinski definition) is 5. The Kier molecular flexibility index (Phi) is 7.03. The highest BCUT2D eigenvalue weighted by atomic mass is 35.5. The number of rotatable bonds is 10. The number of aliphatic hydroxyl groups is 1. The van der Waals surface area contributed by atoms with Crippen molar-refractivity contribution in [2.45, 2.75) is 56.8 Å². The zero-order valence-corrected chi connectivity index (χ0v) is 20.0. The summed E-state index contributed by atoms with van der Waals surface area (Å²) in [5, 5.41) is 19.4. The molecular weight excluding hydrogens is 460 g/mol. The highest BCUT2D eigenvalue weighted by Crippen LogP contribution is 2.58. The lowest BCUT2D eigenvalue weighted by molar-refractivity contribution is -0.149. The zero-order valence-electron chi connectivity index (χ0n) is 19.3. The molecule has 3 saturated heterocycles. The molecule has 8 nitrogen and oxygen atoms in total. The van der Waals surface area contributed by atoms with Gasteiger partial charge in [-0.3, -0.25) is 14.4 Å². The normalized spacial score (nSPS) is 29.4. The lowest BCUT2D eigenvalue weighted by Crippen LogP contribution is -2.56. The summed E-state index contributed by atoms with van der Waals surface area (Å²) in [6.45, 7) is 6.17. The standard InChI is InChI=1S/C25H31ClN2O6/c1-3-12-27(20-15(2)8-7-9-16(20)26)23(31)21-25-11-10-17(34-25)18(24(32)33)19(25)22(30)28(21)13-5-4-6-14-29/h3,7-9,17-19,21,29H,1,4-6,10-14H2,2H3,(H,32,33)/t17-,18+,19-,21?,25?/m0/s1. The van der Waals surface area contributed by atoms with E-state index in [0.717, 1.165) is 5.56 Å². The van der Waals surface area contributed by atoms with Gasteiger partial charge in [-0.05, 0) is 50.7 Å². The van der Waals surface area contributed by atoms with Gasteiger partial charge < -0.3 is 24.7 Å². The van der Waals surface area contributed by atoms with Crippen LogP contribution in [0.5, 0.6) is 0 Å². The van der Waals surface area contributed by atoms with Crippen LogP contribution >= 0.6 is 11.6 Å². The zero-order chi connectivity index (χ0) is 24.6. The smallest absolute Gasteiger partial charge is 0.310 e. The molecule has 34 heavy (non-hydrogen) atoms. The fourth-order valence-electron chi connectivity index (χ4n) is 6.06. The van der Waals surface area contributed by atoms with Gasteiger partial charge in [0.2, 0.25) is 5.91 Å². The van der Waals surface area contributed by atoms with E-state index in [2.05, 4.69) is 6.58 Å². The number of likely N-dealkylation sites (tertiary alicyclic amines) is 1. The molecule has 3 heterocycles. The summed E-state index contributed by atoms with van der Waals surface area (Å²) in [5.74, 6) is -3.61. The van der Waals surface area contributed by atoms with E-state index in [1.54, 1.807) is 18.2 Å². The summed E-state index contributed by atoms with van der Waals surface area (Å²) in [4.78, 5) is 43.0. The van der Waals surface area contributed by atoms with Gasteiger partial charge in [0.1, 0.15) is 11.6 Å². The summed E-state index contributed by atoms with van der Waals surface area (Å²) in [6.07, 6.45) is 3.84. The van der Waals surface area contributed by atoms with Crippen LogP contribution in [-0.2, 0) is 19.1 Å². The van der Waals surface area contributed by atoms with E-state index in [1.165, 1.54) is 9.80 Å². The molecule has 1 spiro atoms. The second-order valence-corrected chi connectivity index (χ2v) is 9.76. The lowest BCUT2D eigenvalue weighted by atomic mass is 9.70. The maximum Gasteiger partial charge on any atom is 0.310 e. The maximum atomic E-state index is 14.2. The van der Waals surface area contributed by atoms with Crippen LogP contribution in [0.25, 0.3) is 0 Å². The van der Waals surface area contributed by atoms with Crippen molar-refractivity contribution >= 4 is 35.1 Å². The molecule has 0 radical (unpaired) electrons. The number of nitrogens with zero attached hydrogens (tertiary/aromatic N) is 2. The van der Waals surface area contributed by atoms with Gasteiger partial charge in [-0.15, -0.1) is 6.58 Å². The highest BCUT2D eigenvalue weighted by Gasteiger charge is 2.74. The Balaban J connectivity index is 1.76. The molecule has 2 amide bonds. The molecule has 9 heteroatoms. The molecule has 0 aliphatic carbocycles. The van der Waals surface area contributed by atoms with E-state index in [1.807, 2.05) is 13.0 Å². The van der Waals surface area contributed by atoms with Gasteiger partial charge in [0.05, 0.1) is 28.6 Å². The maximum absolute atomic E-state index is 14.2. The molecule has 3 aliphatic heterocycles.